The molecule has 0 aliphatic carbocycles. The molecule has 0 saturated heterocycles. The molecule has 0 fully saturated rings. The van der Waals surface area contributed by atoms with Crippen molar-refractivity contribution in [3.8, 4) is 22.6 Å². The fourth-order valence-electron chi connectivity index (χ4n) is 4.00. The van der Waals surface area contributed by atoms with E-state index in [2.05, 4.69) is 57.9 Å². The van der Waals surface area contributed by atoms with E-state index in [4.69, 9.17) is 15.1 Å². The maximum absolute atomic E-state index is 4.83. The average molecular weight is 451 g/mol. The number of aromatic amines is 1. The number of hydrogen-bond acceptors (Lipinski definition) is 6. The zero-order valence-electron chi connectivity index (χ0n) is 19.1. The molecule has 8 heteroatoms. The van der Waals surface area contributed by atoms with E-state index in [0.29, 0.717) is 12.4 Å². The lowest BCUT2D eigenvalue weighted by Gasteiger charge is -2.08. The van der Waals surface area contributed by atoms with Crippen LogP contribution >= 0.6 is 0 Å². The van der Waals surface area contributed by atoms with E-state index in [-0.39, 0.29) is 0 Å². The maximum Gasteiger partial charge on any atom is 0.180 e. The Morgan fingerprint density at radius 1 is 0.824 bits per heavy atom. The third kappa shape index (κ3) is 4.91. The minimum atomic E-state index is 0.622. The van der Waals surface area contributed by atoms with Crippen LogP contribution in [0.4, 0.5) is 0 Å². The van der Waals surface area contributed by atoms with Crippen molar-refractivity contribution in [3.05, 3.63) is 95.7 Å². The number of benzene rings is 2. The molecule has 0 aliphatic rings. The molecule has 0 saturated carbocycles. The van der Waals surface area contributed by atoms with Gasteiger partial charge in [0, 0.05) is 30.2 Å². The number of hydrogen-bond donors (Lipinski definition) is 1. The summed E-state index contributed by atoms with van der Waals surface area (Å²) in [5.74, 6) is 2.54. The summed E-state index contributed by atoms with van der Waals surface area (Å²) in [7, 11) is 0. The summed E-state index contributed by atoms with van der Waals surface area (Å²) in [6.45, 7) is 2.81. The number of H-pyrrole nitrogens is 1. The normalized spacial score (nSPS) is 11.1. The molecule has 34 heavy (non-hydrogen) atoms. The van der Waals surface area contributed by atoms with Crippen LogP contribution in [0.2, 0.25) is 0 Å². The molecule has 0 amide bonds. The molecule has 8 nitrogen and oxygen atoms in total. The van der Waals surface area contributed by atoms with Gasteiger partial charge >= 0.3 is 0 Å². The van der Waals surface area contributed by atoms with Crippen LogP contribution in [0.5, 0.6) is 0 Å². The Balaban J connectivity index is 1.34. The standard InChI is InChI=1S/C26H26N8/c1-2-8-25-28-24(16-14-19-9-4-3-5-10-19)31-34(25)18-20-13-15-23(27-17-20)21-11-6-7-12-22(21)26-29-32-33-30-26/h3-7,9-13,15,17H,2,8,14,16,18H2,1H3,(H,29,30,32,33). The van der Waals surface area contributed by atoms with Crippen molar-refractivity contribution in [1.82, 2.24) is 40.4 Å². The number of aromatic nitrogens is 8. The van der Waals surface area contributed by atoms with Crippen molar-refractivity contribution in [1.29, 1.82) is 0 Å². The van der Waals surface area contributed by atoms with Crippen molar-refractivity contribution in [2.24, 2.45) is 0 Å². The van der Waals surface area contributed by atoms with Crippen LogP contribution in [0.15, 0.2) is 72.9 Å². The molecule has 0 spiro atoms. The minimum Gasteiger partial charge on any atom is -0.256 e. The highest BCUT2D eigenvalue weighted by Crippen LogP contribution is 2.28. The summed E-state index contributed by atoms with van der Waals surface area (Å²) in [5, 5.41) is 19.1. The molecule has 0 unspecified atom stereocenters. The Labute approximate surface area is 198 Å². The van der Waals surface area contributed by atoms with Gasteiger partial charge in [-0.05, 0) is 40.5 Å². The van der Waals surface area contributed by atoms with E-state index < -0.39 is 0 Å². The van der Waals surface area contributed by atoms with Crippen LogP contribution in [0.1, 0.15) is 36.1 Å². The van der Waals surface area contributed by atoms with Gasteiger partial charge < -0.3 is 0 Å². The Hall–Kier alpha value is -4.20. The van der Waals surface area contributed by atoms with Gasteiger partial charge in [-0.3, -0.25) is 4.98 Å². The third-order valence-electron chi connectivity index (χ3n) is 5.71. The number of rotatable bonds is 9. The summed E-state index contributed by atoms with van der Waals surface area (Å²) >= 11 is 0. The van der Waals surface area contributed by atoms with E-state index in [9.17, 15) is 0 Å². The number of nitrogens with one attached hydrogen (secondary N) is 1. The zero-order chi connectivity index (χ0) is 23.2. The van der Waals surface area contributed by atoms with Crippen molar-refractivity contribution in [3.63, 3.8) is 0 Å². The van der Waals surface area contributed by atoms with E-state index in [1.807, 2.05) is 47.3 Å². The van der Waals surface area contributed by atoms with Gasteiger partial charge in [-0.2, -0.15) is 5.10 Å². The lowest BCUT2D eigenvalue weighted by Crippen LogP contribution is -2.07. The SMILES string of the molecule is CCCc1nc(CCc2ccccc2)nn1Cc1ccc(-c2ccccc2-c2nnn[nH]2)nc1. The van der Waals surface area contributed by atoms with Gasteiger partial charge in [0.1, 0.15) is 5.82 Å². The molecular formula is C26H26N8. The molecular weight excluding hydrogens is 424 g/mol. The molecule has 3 aromatic heterocycles. The minimum absolute atomic E-state index is 0.622. The highest BCUT2D eigenvalue weighted by molar-refractivity contribution is 5.78. The van der Waals surface area contributed by atoms with E-state index in [0.717, 1.165) is 59.7 Å². The second-order valence-electron chi connectivity index (χ2n) is 8.18. The lowest BCUT2D eigenvalue weighted by molar-refractivity contribution is 0.622. The predicted octanol–water partition coefficient (Wildman–Crippen LogP) is 4.31. The summed E-state index contributed by atoms with van der Waals surface area (Å²) < 4.78 is 2.02. The van der Waals surface area contributed by atoms with Crippen LogP contribution in [-0.4, -0.2) is 40.4 Å². The maximum atomic E-state index is 4.83. The summed E-state index contributed by atoms with van der Waals surface area (Å²) in [6.07, 6.45) is 5.61. The van der Waals surface area contributed by atoms with E-state index >= 15 is 0 Å². The van der Waals surface area contributed by atoms with Gasteiger partial charge in [-0.25, -0.2) is 14.8 Å². The fourth-order valence-corrected chi connectivity index (χ4v) is 4.00. The predicted molar refractivity (Wildman–Crippen MR) is 130 cm³/mol. The molecule has 1 N–H and O–H groups in total. The van der Waals surface area contributed by atoms with Crippen molar-refractivity contribution in [2.45, 2.75) is 39.2 Å². The molecule has 0 radical (unpaired) electrons. The average Bonchev–Trinajstić information content (AvgIpc) is 3.55. The molecule has 0 aliphatic heterocycles. The van der Waals surface area contributed by atoms with Crippen LogP contribution in [0.25, 0.3) is 22.6 Å². The second kappa shape index (κ2) is 10.2. The van der Waals surface area contributed by atoms with Crippen LogP contribution in [0, 0.1) is 0 Å². The van der Waals surface area contributed by atoms with Gasteiger partial charge in [0.25, 0.3) is 0 Å². The highest BCUT2D eigenvalue weighted by Gasteiger charge is 2.13. The molecule has 2 aromatic carbocycles. The topological polar surface area (TPSA) is 98.1 Å². The lowest BCUT2D eigenvalue weighted by atomic mass is 10.0. The van der Waals surface area contributed by atoms with Crippen molar-refractivity contribution < 1.29 is 0 Å². The van der Waals surface area contributed by atoms with E-state index in [1.54, 1.807) is 0 Å². The number of tetrazole rings is 1. The molecule has 0 bridgehead atoms. The summed E-state index contributed by atoms with van der Waals surface area (Å²) in [4.78, 5) is 9.56. The molecule has 170 valence electrons. The molecule has 5 aromatic rings. The summed E-state index contributed by atoms with van der Waals surface area (Å²) in [5.41, 5.74) is 5.14. The first-order valence-electron chi connectivity index (χ1n) is 11.5. The second-order valence-corrected chi connectivity index (χ2v) is 8.18. The van der Waals surface area contributed by atoms with Crippen molar-refractivity contribution >= 4 is 0 Å². The first kappa shape index (κ1) is 21.6. The Bertz CT molecular complexity index is 1330. The monoisotopic (exact) mass is 450 g/mol. The van der Waals surface area contributed by atoms with Gasteiger partial charge in [0.2, 0.25) is 0 Å². The first-order valence-corrected chi connectivity index (χ1v) is 11.5. The Morgan fingerprint density at radius 2 is 1.65 bits per heavy atom. The molecule has 0 atom stereocenters. The fraction of sp³-hybridized carbons (Fsp3) is 0.231. The van der Waals surface area contributed by atoms with Crippen LogP contribution in [0.3, 0.4) is 0 Å². The number of nitrogens with zero attached hydrogens (tertiary/aromatic N) is 7. The first-order chi connectivity index (χ1) is 16.8. The Kier molecular flexibility index (Phi) is 6.47. The third-order valence-corrected chi connectivity index (χ3v) is 5.71. The van der Waals surface area contributed by atoms with E-state index in [1.165, 1.54) is 5.56 Å². The van der Waals surface area contributed by atoms with Crippen molar-refractivity contribution in [2.75, 3.05) is 0 Å². The van der Waals surface area contributed by atoms with Crippen LogP contribution < -0.4 is 0 Å². The van der Waals surface area contributed by atoms with Gasteiger partial charge in [0.15, 0.2) is 11.6 Å². The quantitative estimate of drug-likeness (QED) is 0.359. The van der Waals surface area contributed by atoms with Gasteiger partial charge in [0.05, 0.1) is 12.2 Å². The Morgan fingerprint density at radius 3 is 2.38 bits per heavy atom. The van der Waals surface area contributed by atoms with Gasteiger partial charge in [-0.1, -0.05) is 67.6 Å². The highest BCUT2D eigenvalue weighted by atomic mass is 15.5. The molecule has 5 rings (SSSR count). The zero-order valence-corrected chi connectivity index (χ0v) is 19.1. The van der Waals surface area contributed by atoms with Crippen LogP contribution in [-0.2, 0) is 25.8 Å². The van der Waals surface area contributed by atoms with Gasteiger partial charge in [-0.15, -0.1) is 5.10 Å². The number of pyridine rings is 1. The summed E-state index contributed by atoms with van der Waals surface area (Å²) in [6, 6.07) is 22.6. The molecule has 3 heterocycles. The largest absolute Gasteiger partial charge is 0.256 e. The number of aryl methyl sites for hydroxylation is 3. The smallest absolute Gasteiger partial charge is 0.180 e.